The predicted molar refractivity (Wildman–Crippen MR) is 61.4 cm³/mol. The van der Waals surface area contributed by atoms with Crippen LogP contribution in [-0.4, -0.2) is 19.9 Å². The van der Waals surface area contributed by atoms with Gasteiger partial charge in [-0.2, -0.15) is 0 Å². The Bertz CT molecular complexity index is 149. The van der Waals surface area contributed by atoms with Gasteiger partial charge in [0.1, 0.15) is 6.29 Å². The summed E-state index contributed by atoms with van der Waals surface area (Å²) in [5.74, 6) is 0.256. The first-order valence-electron chi connectivity index (χ1n) is 5.59. The Morgan fingerprint density at radius 2 is 1.93 bits per heavy atom. The quantitative estimate of drug-likeness (QED) is 0.504. The first kappa shape index (κ1) is 13.6. The fourth-order valence-electron chi connectivity index (χ4n) is 1.71. The number of rotatable bonds is 7. The van der Waals surface area contributed by atoms with Crippen LogP contribution < -0.4 is 5.32 Å². The van der Waals surface area contributed by atoms with E-state index in [0.29, 0.717) is 0 Å². The Morgan fingerprint density at radius 1 is 1.29 bits per heavy atom. The molecule has 0 amide bonds. The van der Waals surface area contributed by atoms with E-state index in [2.05, 4.69) is 26.1 Å². The molecule has 0 aliphatic carbocycles. The minimum absolute atomic E-state index is 0.256. The van der Waals surface area contributed by atoms with Gasteiger partial charge in [0.05, 0.1) is 0 Å². The van der Waals surface area contributed by atoms with E-state index in [1.807, 2.05) is 7.05 Å². The Balaban J connectivity index is 3.64. The second-order valence-corrected chi connectivity index (χ2v) is 5.26. The van der Waals surface area contributed by atoms with Crippen molar-refractivity contribution in [1.29, 1.82) is 0 Å². The topological polar surface area (TPSA) is 29.1 Å². The highest BCUT2D eigenvalue weighted by Gasteiger charge is 2.17. The molecule has 0 aliphatic heterocycles. The SMILES string of the molecule is CNCCCCC(C=O)CC(C)(C)C. The standard InChI is InChI=1S/C12H25NO/c1-12(2,3)9-11(10-14)7-5-6-8-13-4/h10-11,13H,5-9H2,1-4H3. The van der Waals surface area contributed by atoms with Crippen molar-refractivity contribution in [3.63, 3.8) is 0 Å². The van der Waals surface area contributed by atoms with Gasteiger partial charge in [0.25, 0.3) is 0 Å². The van der Waals surface area contributed by atoms with E-state index >= 15 is 0 Å². The second-order valence-electron chi connectivity index (χ2n) is 5.26. The summed E-state index contributed by atoms with van der Waals surface area (Å²) in [6, 6.07) is 0. The molecule has 14 heavy (non-hydrogen) atoms. The first-order valence-corrected chi connectivity index (χ1v) is 5.59. The molecule has 0 saturated heterocycles. The molecule has 84 valence electrons. The zero-order valence-electron chi connectivity index (χ0n) is 10.1. The van der Waals surface area contributed by atoms with E-state index in [1.54, 1.807) is 0 Å². The van der Waals surface area contributed by atoms with E-state index in [9.17, 15) is 4.79 Å². The number of nitrogens with one attached hydrogen (secondary N) is 1. The number of carbonyl (C=O) groups is 1. The van der Waals surface area contributed by atoms with Crippen molar-refractivity contribution in [2.24, 2.45) is 11.3 Å². The molecule has 1 atom stereocenters. The molecule has 0 aliphatic rings. The third-order valence-corrected chi connectivity index (χ3v) is 2.32. The van der Waals surface area contributed by atoms with Gasteiger partial charge in [0, 0.05) is 5.92 Å². The lowest BCUT2D eigenvalue weighted by Gasteiger charge is -2.22. The third-order valence-electron chi connectivity index (χ3n) is 2.32. The lowest BCUT2D eigenvalue weighted by molar-refractivity contribution is -0.112. The Kier molecular flexibility index (Phi) is 6.81. The summed E-state index contributed by atoms with van der Waals surface area (Å²) in [5.41, 5.74) is 0.272. The van der Waals surface area contributed by atoms with Crippen molar-refractivity contribution < 1.29 is 4.79 Å². The van der Waals surface area contributed by atoms with Gasteiger partial charge < -0.3 is 10.1 Å². The number of aldehydes is 1. The summed E-state index contributed by atoms with van der Waals surface area (Å²) in [6.07, 6.45) is 5.51. The van der Waals surface area contributed by atoms with Gasteiger partial charge in [-0.3, -0.25) is 0 Å². The zero-order chi connectivity index (χ0) is 11.0. The first-order chi connectivity index (χ1) is 6.49. The fraction of sp³-hybridized carbons (Fsp3) is 0.917. The van der Waals surface area contributed by atoms with Gasteiger partial charge in [-0.15, -0.1) is 0 Å². The molecule has 0 aromatic carbocycles. The van der Waals surface area contributed by atoms with E-state index in [-0.39, 0.29) is 11.3 Å². The van der Waals surface area contributed by atoms with Crippen LogP contribution >= 0.6 is 0 Å². The van der Waals surface area contributed by atoms with Crippen molar-refractivity contribution in [3.05, 3.63) is 0 Å². The number of unbranched alkanes of at least 4 members (excludes halogenated alkanes) is 1. The Morgan fingerprint density at radius 3 is 2.36 bits per heavy atom. The fourth-order valence-corrected chi connectivity index (χ4v) is 1.71. The lowest BCUT2D eigenvalue weighted by atomic mass is 9.83. The molecule has 1 N–H and O–H groups in total. The van der Waals surface area contributed by atoms with Crippen LogP contribution in [0.1, 0.15) is 46.5 Å². The van der Waals surface area contributed by atoms with Crippen LogP contribution in [0.15, 0.2) is 0 Å². The molecule has 0 aromatic rings. The van der Waals surface area contributed by atoms with Crippen LogP contribution in [0, 0.1) is 11.3 Å². The van der Waals surface area contributed by atoms with Crippen molar-refractivity contribution in [1.82, 2.24) is 5.32 Å². The normalized spacial score (nSPS) is 14.0. The largest absolute Gasteiger partial charge is 0.320 e. The maximum atomic E-state index is 10.8. The van der Waals surface area contributed by atoms with Gasteiger partial charge in [-0.25, -0.2) is 0 Å². The summed E-state index contributed by atoms with van der Waals surface area (Å²) in [7, 11) is 1.96. The molecule has 0 spiro atoms. The average Bonchev–Trinajstić information content (AvgIpc) is 2.08. The van der Waals surface area contributed by atoms with Crippen LogP contribution in [-0.2, 0) is 4.79 Å². The van der Waals surface area contributed by atoms with Gasteiger partial charge in [0.2, 0.25) is 0 Å². The van der Waals surface area contributed by atoms with Crippen LogP contribution in [0.2, 0.25) is 0 Å². The molecule has 0 aromatic heterocycles. The van der Waals surface area contributed by atoms with Crippen molar-refractivity contribution in [3.8, 4) is 0 Å². The maximum Gasteiger partial charge on any atom is 0.123 e. The highest BCUT2D eigenvalue weighted by Crippen LogP contribution is 2.26. The molecule has 0 radical (unpaired) electrons. The number of hydrogen-bond donors (Lipinski definition) is 1. The van der Waals surface area contributed by atoms with Gasteiger partial charge in [-0.05, 0) is 38.3 Å². The summed E-state index contributed by atoms with van der Waals surface area (Å²) in [4.78, 5) is 10.8. The smallest absolute Gasteiger partial charge is 0.123 e. The van der Waals surface area contributed by atoms with Crippen LogP contribution in [0.5, 0.6) is 0 Å². The van der Waals surface area contributed by atoms with Gasteiger partial charge >= 0.3 is 0 Å². The molecule has 0 saturated carbocycles. The molecular weight excluding hydrogens is 174 g/mol. The molecule has 0 fully saturated rings. The summed E-state index contributed by atoms with van der Waals surface area (Å²) in [6.45, 7) is 7.63. The molecule has 2 nitrogen and oxygen atoms in total. The van der Waals surface area contributed by atoms with E-state index < -0.39 is 0 Å². The Hall–Kier alpha value is -0.370. The van der Waals surface area contributed by atoms with Crippen molar-refractivity contribution >= 4 is 6.29 Å². The number of hydrogen-bond acceptors (Lipinski definition) is 2. The summed E-state index contributed by atoms with van der Waals surface area (Å²) in [5, 5.41) is 3.12. The Labute approximate surface area is 88.5 Å². The highest BCUT2D eigenvalue weighted by atomic mass is 16.1. The minimum atomic E-state index is 0.256. The van der Waals surface area contributed by atoms with E-state index in [4.69, 9.17) is 0 Å². The maximum absolute atomic E-state index is 10.8. The zero-order valence-corrected chi connectivity index (χ0v) is 10.1. The summed E-state index contributed by atoms with van der Waals surface area (Å²) >= 11 is 0. The molecule has 0 heterocycles. The van der Waals surface area contributed by atoms with Crippen LogP contribution in [0.4, 0.5) is 0 Å². The van der Waals surface area contributed by atoms with Crippen LogP contribution in [0.3, 0.4) is 0 Å². The van der Waals surface area contributed by atoms with Gasteiger partial charge in [0.15, 0.2) is 0 Å². The molecule has 0 rings (SSSR count). The monoisotopic (exact) mass is 199 g/mol. The highest BCUT2D eigenvalue weighted by molar-refractivity contribution is 5.53. The predicted octanol–water partition coefficient (Wildman–Crippen LogP) is 2.63. The molecule has 2 heteroatoms. The molecular formula is C12H25NO. The van der Waals surface area contributed by atoms with Crippen molar-refractivity contribution in [2.75, 3.05) is 13.6 Å². The number of carbonyl (C=O) groups excluding carboxylic acids is 1. The van der Waals surface area contributed by atoms with Crippen molar-refractivity contribution in [2.45, 2.75) is 46.5 Å². The van der Waals surface area contributed by atoms with Crippen LogP contribution in [0.25, 0.3) is 0 Å². The third kappa shape index (κ3) is 8.24. The lowest BCUT2D eigenvalue weighted by Crippen LogP contribution is -2.15. The molecule has 0 bridgehead atoms. The average molecular weight is 199 g/mol. The van der Waals surface area contributed by atoms with E-state index in [1.165, 1.54) is 6.42 Å². The second kappa shape index (κ2) is 6.99. The minimum Gasteiger partial charge on any atom is -0.320 e. The summed E-state index contributed by atoms with van der Waals surface area (Å²) < 4.78 is 0. The molecule has 1 unspecified atom stereocenters. The van der Waals surface area contributed by atoms with E-state index in [0.717, 1.165) is 32.1 Å². The van der Waals surface area contributed by atoms with Gasteiger partial charge in [-0.1, -0.05) is 27.2 Å².